The second-order valence-electron chi connectivity index (χ2n) is 6.26. The molecule has 0 spiro atoms. The summed E-state index contributed by atoms with van der Waals surface area (Å²) in [5.41, 5.74) is 4.20. The van der Waals surface area contributed by atoms with Gasteiger partial charge in [-0.2, -0.15) is 15.2 Å². The first-order valence-corrected chi connectivity index (χ1v) is 9.64. The molecular formula is C19H15N7OS. The van der Waals surface area contributed by atoms with Crippen LogP contribution in [0.5, 0.6) is 0 Å². The largest absolute Gasteiger partial charge is 0.334 e. The summed E-state index contributed by atoms with van der Waals surface area (Å²) in [4.78, 5) is 8.64. The molecule has 0 fully saturated rings. The molecule has 0 aliphatic heterocycles. The van der Waals surface area contributed by atoms with Crippen LogP contribution in [0.1, 0.15) is 17.0 Å². The maximum atomic E-state index is 5.45. The molecule has 0 aliphatic rings. The van der Waals surface area contributed by atoms with E-state index in [-0.39, 0.29) is 0 Å². The van der Waals surface area contributed by atoms with Crippen molar-refractivity contribution in [1.29, 1.82) is 0 Å². The Hall–Kier alpha value is -3.46. The highest BCUT2D eigenvalue weighted by Gasteiger charge is 2.10. The zero-order chi connectivity index (χ0) is 18.8. The average Bonchev–Trinajstić information content (AvgIpc) is 3.48. The number of aromatic nitrogens is 7. The van der Waals surface area contributed by atoms with Gasteiger partial charge < -0.3 is 4.52 Å². The van der Waals surface area contributed by atoms with Crippen LogP contribution in [0.3, 0.4) is 0 Å². The van der Waals surface area contributed by atoms with Crippen molar-refractivity contribution in [2.75, 3.05) is 0 Å². The minimum absolute atomic E-state index is 0.522. The molecule has 8 nitrogen and oxygen atoms in total. The number of hydrogen-bond acceptors (Lipinski definition) is 7. The van der Waals surface area contributed by atoms with Crippen molar-refractivity contribution in [3.05, 3.63) is 71.9 Å². The molecule has 2 N–H and O–H groups in total. The number of H-pyrrole nitrogens is 2. The van der Waals surface area contributed by atoms with E-state index in [1.165, 1.54) is 11.9 Å². The molecule has 2 aromatic carbocycles. The van der Waals surface area contributed by atoms with Gasteiger partial charge in [0.1, 0.15) is 6.33 Å². The van der Waals surface area contributed by atoms with E-state index in [1.54, 1.807) is 11.8 Å². The molecule has 0 atom stereocenters. The fraction of sp³-hybridized carbons (Fsp3) is 0.105. The number of nitrogens with zero attached hydrogens (tertiary/aromatic N) is 5. The first-order chi connectivity index (χ1) is 13.8. The monoisotopic (exact) mass is 389 g/mol. The number of benzene rings is 2. The Morgan fingerprint density at radius 2 is 1.86 bits per heavy atom. The Kier molecular flexibility index (Phi) is 4.34. The minimum atomic E-state index is 0.522. The van der Waals surface area contributed by atoms with Gasteiger partial charge in [-0.25, -0.2) is 4.98 Å². The van der Waals surface area contributed by atoms with Crippen LogP contribution in [0.25, 0.3) is 22.4 Å². The molecule has 0 saturated carbocycles. The van der Waals surface area contributed by atoms with Crippen molar-refractivity contribution in [2.45, 2.75) is 17.3 Å². The van der Waals surface area contributed by atoms with Crippen molar-refractivity contribution in [2.24, 2.45) is 0 Å². The van der Waals surface area contributed by atoms with Crippen LogP contribution in [0.2, 0.25) is 0 Å². The summed E-state index contributed by atoms with van der Waals surface area (Å²) in [6.07, 6.45) is 3.92. The standard InChI is InChI=1S/C19H15N7OS/c1-4-14(5-2-12(1)10-28-19-20-11-22-25-19)18-23-17(26-27-18)8-13-3-6-16-15(7-13)9-21-24-16/h1-7,9,11H,8,10H2,(H,21,24)(H,20,22,25). The Morgan fingerprint density at radius 1 is 0.964 bits per heavy atom. The van der Waals surface area contributed by atoms with Gasteiger partial charge in [0.2, 0.25) is 0 Å². The summed E-state index contributed by atoms with van der Waals surface area (Å²) in [7, 11) is 0. The molecule has 0 saturated heterocycles. The van der Waals surface area contributed by atoms with Gasteiger partial charge >= 0.3 is 0 Å². The third-order valence-corrected chi connectivity index (χ3v) is 5.25. The highest BCUT2D eigenvalue weighted by Crippen LogP contribution is 2.23. The van der Waals surface area contributed by atoms with Crippen molar-refractivity contribution in [3.63, 3.8) is 0 Å². The fourth-order valence-corrected chi connectivity index (χ4v) is 3.62. The first-order valence-electron chi connectivity index (χ1n) is 8.65. The molecule has 9 heteroatoms. The molecule has 0 amide bonds. The summed E-state index contributed by atoms with van der Waals surface area (Å²) in [6.45, 7) is 0. The number of rotatable bonds is 6. The van der Waals surface area contributed by atoms with Crippen LogP contribution in [0, 0.1) is 0 Å². The molecule has 0 radical (unpaired) electrons. The SMILES string of the molecule is c1n[nH]c(SCc2ccc(-c3nc(Cc4ccc5[nH]ncc5c4)no3)cc2)n1. The van der Waals surface area contributed by atoms with Crippen molar-refractivity contribution < 1.29 is 4.52 Å². The van der Waals surface area contributed by atoms with E-state index >= 15 is 0 Å². The van der Waals surface area contributed by atoms with Crippen LogP contribution >= 0.6 is 11.8 Å². The van der Waals surface area contributed by atoms with Crippen molar-refractivity contribution >= 4 is 22.7 Å². The molecule has 3 heterocycles. The predicted octanol–water partition coefficient (Wildman–Crippen LogP) is 3.61. The number of thioether (sulfide) groups is 1. The molecule has 28 heavy (non-hydrogen) atoms. The van der Waals surface area contributed by atoms with E-state index in [0.717, 1.165) is 32.9 Å². The van der Waals surface area contributed by atoms with E-state index in [1.807, 2.05) is 30.5 Å². The Labute approximate surface area is 163 Å². The average molecular weight is 389 g/mol. The lowest BCUT2D eigenvalue weighted by Gasteiger charge is -2.00. The zero-order valence-electron chi connectivity index (χ0n) is 14.7. The Morgan fingerprint density at radius 3 is 2.71 bits per heavy atom. The first kappa shape index (κ1) is 16.7. The molecule has 3 aromatic heterocycles. The molecular weight excluding hydrogens is 374 g/mol. The highest BCUT2D eigenvalue weighted by molar-refractivity contribution is 7.98. The second kappa shape index (κ2) is 7.28. The van der Waals surface area contributed by atoms with Gasteiger partial charge in [0.25, 0.3) is 5.89 Å². The molecule has 0 bridgehead atoms. The highest BCUT2D eigenvalue weighted by atomic mass is 32.2. The topological polar surface area (TPSA) is 109 Å². The maximum Gasteiger partial charge on any atom is 0.257 e. The fourth-order valence-electron chi connectivity index (χ4n) is 2.89. The lowest BCUT2D eigenvalue weighted by molar-refractivity contribution is 0.424. The van der Waals surface area contributed by atoms with Gasteiger partial charge in [0.15, 0.2) is 11.0 Å². The summed E-state index contributed by atoms with van der Waals surface area (Å²) >= 11 is 1.60. The number of fused-ring (bicyclic) bond motifs is 1. The maximum absolute atomic E-state index is 5.45. The lowest BCUT2D eigenvalue weighted by atomic mass is 10.1. The van der Waals surface area contributed by atoms with Gasteiger partial charge in [0.05, 0.1) is 11.7 Å². The summed E-state index contributed by atoms with van der Waals surface area (Å²) in [5, 5.41) is 19.7. The Balaban J connectivity index is 1.27. The predicted molar refractivity (Wildman–Crippen MR) is 105 cm³/mol. The molecule has 0 aliphatic carbocycles. The second-order valence-corrected chi connectivity index (χ2v) is 7.22. The van der Waals surface area contributed by atoms with Gasteiger partial charge in [-0.1, -0.05) is 35.1 Å². The summed E-state index contributed by atoms with van der Waals surface area (Å²) in [6, 6.07) is 14.2. The van der Waals surface area contributed by atoms with Gasteiger partial charge in [0, 0.05) is 23.1 Å². The molecule has 5 aromatic rings. The van der Waals surface area contributed by atoms with Crippen LogP contribution in [0.15, 0.2) is 64.7 Å². The number of hydrogen-bond donors (Lipinski definition) is 2. The quantitative estimate of drug-likeness (QED) is 0.427. The van der Waals surface area contributed by atoms with Crippen LogP contribution in [-0.4, -0.2) is 35.5 Å². The van der Waals surface area contributed by atoms with E-state index in [9.17, 15) is 0 Å². The van der Waals surface area contributed by atoms with Gasteiger partial charge in [-0.15, -0.1) is 0 Å². The van der Waals surface area contributed by atoms with Crippen LogP contribution in [-0.2, 0) is 12.2 Å². The van der Waals surface area contributed by atoms with Gasteiger partial charge in [-0.05, 0) is 35.4 Å². The lowest BCUT2D eigenvalue weighted by Crippen LogP contribution is -1.90. The van der Waals surface area contributed by atoms with E-state index in [4.69, 9.17) is 4.52 Å². The van der Waals surface area contributed by atoms with Crippen LogP contribution < -0.4 is 0 Å². The summed E-state index contributed by atoms with van der Waals surface area (Å²) in [5.74, 6) is 1.98. The smallest absolute Gasteiger partial charge is 0.257 e. The van der Waals surface area contributed by atoms with Crippen LogP contribution in [0.4, 0.5) is 0 Å². The zero-order valence-corrected chi connectivity index (χ0v) is 15.5. The van der Waals surface area contributed by atoms with Gasteiger partial charge in [-0.3, -0.25) is 10.2 Å². The molecule has 138 valence electrons. The van der Waals surface area contributed by atoms with Crippen molar-refractivity contribution in [3.8, 4) is 11.5 Å². The van der Waals surface area contributed by atoms with E-state index in [0.29, 0.717) is 18.1 Å². The molecule has 0 unspecified atom stereocenters. The van der Waals surface area contributed by atoms with E-state index < -0.39 is 0 Å². The Bertz CT molecular complexity index is 1190. The van der Waals surface area contributed by atoms with E-state index in [2.05, 4.69) is 53.7 Å². The molecule has 5 rings (SSSR count). The minimum Gasteiger partial charge on any atom is -0.334 e. The third kappa shape index (κ3) is 3.52. The summed E-state index contributed by atoms with van der Waals surface area (Å²) < 4.78 is 5.45. The normalized spacial score (nSPS) is 11.3. The number of nitrogens with one attached hydrogen (secondary N) is 2. The van der Waals surface area contributed by atoms with Crippen molar-refractivity contribution in [1.82, 2.24) is 35.5 Å². The number of aromatic amines is 2. The third-order valence-electron chi connectivity index (χ3n) is 4.30.